The lowest BCUT2D eigenvalue weighted by atomic mass is 10.2. The van der Waals surface area contributed by atoms with Crippen molar-refractivity contribution in [3.8, 4) is 0 Å². The number of nitrogens with one attached hydrogen (secondary N) is 1. The van der Waals surface area contributed by atoms with Gasteiger partial charge in [-0.2, -0.15) is 0 Å². The van der Waals surface area contributed by atoms with Gasteiger partial charge in [-0.15, -0.1) is 0 Å². The van der Waals surface area contributed by atoms with Crippen molar-refractivity contribution in [2.24, 2.45) is 14.1 Å². The Bertz CT molecular complexity index is 736. The number of H-pyrrole nitrogens is 1. The van der Waals surface area contributed by atoms with E-state index >= 15 is 0 Å². The third-order valence-electron chi connectivity index (χ3n) is 3.59. The van der Waals surface area contributed by atoms with Gasteiger partial charge in [0.1, 0.15) is 16.0 Å². The molecule has 3 heterocycles. The number of hydrogen-bond acceptors (Lipinski definition) is 4. The molecule has 1 aliphatic heterocycles. The van der Waals surface area contributed by atoms with Gasteiger partial charge in [-0.3, -0.25) is 0 Å². The molecule has 0 radical (unpaired) electrons. The summed E-state index contributed by atoms with van der Waals surface area (Å²) >= 11 is 10.8. The van der Waals surface area contributed by atoms with Gasteiger partial charge >= 0.3 is 0 Å². The minimum Gasteiger partial charge on any atom is -0.378 e. The fraction of sp³-hybridized carbons (Fsp3) is 0.583. The summed E-state index contributed by atoms with van der Waals surface area (Å²) in [5, 5.41) is 0. The minimum absolute atomic E-state index is 0.274. The Kier molecular flexibility index (Phi) is 3.28. The van der Waals surface area contributed by atoms with E-state index < -0.39 is 0 Å². The quantitative estimate of drug-likeness (QED) is 0.865. The maximum Gasteiger partial charge on any atom is 0.182 e. The molecule has 2 aromatic heterocycles. The molecule has 2 aromatic rings. The van der Waals surface area contributed by atoms with Gasteiger partial charge < -0.3 is 18.9 Å². The highest BCUT2D eigenvalue weighted by Crippen LogP contribution is 2.19. The molecular weight excluding hydrogens is 280 g/mol. The van der Waals surface area contributed by atoms with Crippen LogP contribution >= 0.6 is 24.4 Å². The third kappa shape index (κ3) is 2.15. The van der Waals surface area contributed by atoms with Crippen molar-refractivity contribution < 1.29 is 4.74 Å². The number of aryl methyl sites for hydroxylation is 1. The van der Waals surface area contributed by atoms with Gasteiger partial charge in [-0.25, -0.2) is 4.98 Å². The first-order valence-electron chi connectivity index (χ1n) is 6.34. The normalized spacial score (nSPS) is 19.4. The lowest BCUT2D eigenvalue weighted by Gasteiger charge is -2.05. The van der Waals surface area contributed by atoms with Crippen molar-refractivity contribution in [1.29, 1.82) is 0 Å². The van der Waals surface area contributed by atoms with Crippen molar-refractivity contribution >= 4 is 35.6 Å². The molecule has 1 atom stereocenters. The van der Waals surface area contributed by atoms with Crippen LogP contribution in [0.2, 0.25) is 0 Å². The highest BCUT2D eigenvalue weighted by atomic mass is 32.1. The number of aromatic amines is 1. The third-order valence-corrected chi connectivity index (χ3v) is 4.61. The predicted molar refractivity (Wildman–Crippen MR) is 78.4 cm³/mol. The van der Waals surface area contributed by atoms with Crippen LogP contribution in [0, 0.1) is 9.41 Å². The smallest absolute Gasteiger partial charge is 0.182 e. The van der Waals surface area contributed by atoms with Crippen molar-refractivity contribution in [2.45, 2.75) is 25.4 Å². The molecule has 1 unspecified atom stereocenters. The standard InChI is InChI=1S/C12H16N4OS2/c1-15-10-9(11(18)16(2)12(15)19)13-8(14-10)6-7-4-3-5-17-7/h7H,3-6H2,1-2H3,(H,13,14). The Morgan fingerprint density at radius 1 is 1.37 bits per heavy atom. The van der Waals surface area contributed by atoms with Gasteiger partial charge in [0.05, 0.1) is 6.10 Å². The molecule has 0 bridgehead atoms. The summed E-state index contributed by atoms with van der Waals surface area (Å²) in [6.45, 7) is 0.857. The number of aromatic nitrogens is 4. The molecule has 1 fully saturated rings. The summed E-state index contributed by atoms with van der Waals surface area (Å²) in [7, 11) is 3.79. The Labute approximate surface area is 121 Å². The second-order valence-electron chi connectivity index (χ2n) is 4.93. The van der Waals surface area contributed by atoms with Crippen LogP contribution < -0.4 is 0 Å². The van der Waals surface area contributed by atoms with Crippen LogP contribution in [0.1, 0.15) is 18.7 Å². The van der Waals surface area contributed by atoms with Crippen LogP contribution in [0.3, 0.4) is 0 Å². The number of ether oxygens (including phenoxy) is 1. The second kappa shape index (κ2) is 4.81. The van der Waals surface area contributed by atoms with Crippen LogP contribution in [0.5, 0.6) is 0 Å². The van der Waals surface area contributed by atoms with Crippen molar-refractivity contribution in [3.63, 3.8) is 0 Å². The Balaban J connectivity index is 2.10. The van der Waals surface area contributed by atoms with E-state index in [4.69, 9.17) is 29.2 Å². The fourth-order valence-electron chi connectivity index (χ4n) is 2.49. The van der Waals surface area contributed by atoms with Crippen LogP contribution in [-0.2, 0) is 25.3 Å². The van der Waals surface area contributed by atoms with Crippen LogP contribution in [0.25, 0.3) is 11.2 Å². The highest BCUT2D eigenvalue weighted by Gasteiger charge is 2.18. The van der Waals surface area contributed by atoms with Gasteiger partial charge in [-0.05, 0) is 25.1 Å². The average molecular weight is 296 g/mol. The summed E-state index contributed by atoms with van der Waals surface area (Å²) in [5.41, 5.74) is 1.70. The van der Waals surface area contributed by atoms with E-state index in [1.165, 1.54) is 0 Å². The Morgan fingerprint density at radius 3 is 2.84 bits per heavy atom. The van der Waals surface area contributed by atoms with Gasteiger partial charge in [0.2, 0.25) is 0 Å². The molecule has 0 saturated carbocycles. The lowest BCUT2D eigenvalue weighted by Crippen LogP contribution is -2.09. The number of imidazole rings is 1. The summed E-state index contributed by atoms with van der Waals surface area (Å²) in [6, 6.07) is 0. The van der Waals surface area contributed by atoms with E-state index in [2.05, 4.69) is 9.97 Å². The van der Waals surface area contributed by atoms with Crippen molar-refractivity contribution in [3.05, 3.63) is 15.2 Å². The van der Waals surface area contributed by atoms with Gasteiger partial charge in [0.15, 0.2) is 10.4 Å². The molecule has 0 aromatic carbocycles. The summed E-state index contributed by atoms with van der Waals surface area (Å²) in [6.07, 6.45) is 3.32. The summed E-state index contributed by atoms with van der Waals surface area (Å²) < 4.78 is 10.7. The molecule has 19 heavy (non-hydrogen) atoms. The van der Waals surface area contributed by atoms with Gasteiger partial charge in [0.25, 0.3) is 0 Å². The first-order valence-corrected chi connectivity index (χ1v) is 7.16. The molecule has 102 valence electrons. The molecule has 3 rings (SSSR count). The molecule has 1 aliphatic rings. The van der Waals surface area contributed by atoms with E-state index in [0.29, 0.717) is 9.41 Å². The minimum atomic E-state index is 0.274. The molecule has 1 saturated heterocycles. The van der Waals surface area contributed by atoms with Gasteiger partial charge in [0, 0.05) is 27.1 Å². The number of hydrogen-bond donors (Lipinski definition) is 1. The lowest BCUT2D eigenvalue weighted by molar-refractivity contribution is 0.110. The van der Waals surface area contributed by atoms with E-state index in [1.54, 1.807) is 0 Å². The topological polar surface area (TPSA) is 47.8 Å². The average Bonchev–Trinajstić information content (AvgIpc) is 3.04. The first-order chi connectivity index (χ1) is 9.08. The van der Waals surface area contributed by atoms with Crippen LogP contribution in [0.15, 0.2) is 0 Å². The highest BCUT2D eigenvalue weighted by molar-refractivity contribution is 7.72. The molecule has 0 spiro atoms. The van der Waals surface area contributed by atoms with Crippen molar-refractivity contribution in [2.75, 3.05) is 6.61 Å². The van der Waals surface area contributed by atoms with Crippen molar-refractivity contribution in [1.82, 2.24) is 19.1 Å². The molecule has 0 aliphatic carbocycles. The van der Waals surface area contributed by atoms with E-state index in [0.717, 1.165) is 42.9 Å². The fourth-order valence-corrected chi connectivity index (χ4v) is 2.96. The predicted octanol–water partition coefficient (Wildman–Crippen LogP) is 2.42. The summed E-state index contributed by atoms with van der Waals surface area (Å²) in [4.78, 5) is 7.94. The number of fused-ring (bicyclic) bond motifs is 1. The monoisotopic (exact) mass is 296 g/mol. The zero-order chi connectivity index (χ0) is 13.6. The molecule has 1 N–H and O–H groups in total. The van der Waals surface area contributed by atoms with E-state index in [-0.39, 0.29) is 6.10 Å². The zero-order valence-corrected chi connectivity index (χ0v) is 12.6. The maximum atomic E-state index is 5.64. The maximum absolute atomic E-state index is 5.64. The SMILES string of the molecule is Cn1c(=S)c2[nH]c(CC3CCCO3)nc2n(C)c1=S. The molecule has 0 amide bonds. The molecular formula is C12H16N4OS2. The van der Waals surface area contributed by atoms with Gasteiger partial charge in [-0.1, -0.05) is 12.2 Å². The zero-order valence-electron chi connectivity index (χ0n) is 11.0. The van der Waals surface area contributed by atoms with E-state index in [1.807, 2.05) is 23.2 Å². The van der Waals surface area contributed by atoms with Crippen LogP contribution in [-0.4, -0.2) is 31.8 Å². The largest absolute Gasteiger partial charge is 0.378 e. The Hall–Kier alpha value is -1.05. The Morgan fingerprint density at radius 2 is 2.16 bits per heavy atom. The number of nitrogens with zero attached hydrogens (tertiary/aromatic N) is 3. The summed E-state index contributed by atoms with van der Waals surface area (Å²) in [5.74, 6) is 0.921. The second-order valence-corrected chi connectivity index (χ2v) is 5.68. The first kappa shape index (κ1) is 13.0. The van der Waals surface area contributed by atoms with E-state index in [9.17, 15) is 0 Å². The molecule has 5 nitrogen and oxygen atoms in total. The number of rotatable bonds is 2. The van der Waals surface area contributed by atoms with Crippen LogP contribution in [0.4, 0.5) is 0 Å². The molecule has 7 heteroatoms.